The maximum absolute atomic E-state index is 11.2. The van der Waals surface area contributed by atoms with Gasteiger partial charge in [-0.25, -0.2) is 0 Å². The number of ether oxygens (including phenoxy) is 1. The van der Waals surface area contributed by atoms with Gasteiger partial charge < -0.3 is 4.74 Å². The van der Waals surface area contributed by atoms with E-state index >= 15 is 0 Å². The first-order chi connectivity index (χ1) is 8.33. The molecule has 1 aliphatic rings. The Kier molecular flexibility index (Phi) is 8.12. The standard InChI is InChI=1S/C15H28O2/c1-2-13-17-15(16)12-8-4-7-11-14-9-5-3-6-10-14/h14H,2-13H2,1H3. The summed E-state index contributed by atoms with van der Waals surface area (Å²) in [5, 5.41) is 0. The number of rotatable bonds is 8. The molecule has 0 atom stereocenters. The third-order valence-electron chi connectivity index (χ3n) is 3.69. The van der Waals surface area contributed by atoms with E-state index in [0.29, 0.717) is 13.0 Å². The third-order valence-corrected chi connectivity index (χ3v) is 3.69. The van der Waals surface area contributed by atoms with Gasteiger partial charge in [-0.05, 0) is 18.8 Å². The van der Waals surface area contributed by atoms with Gasteiger partial charge in [0, 0.05) is 6.42 Å². The highest BCUT2D eigenvalue weighted by molar-refractivity contribution is 5.69. The Hall–Kier alpha value is -0.530. The van der Waals surface area contributed by atoms with Gasteiger partial charge in [0.15, 0.2) is 0 Å². The van der Waals surface area contributed by atoms with Crippen molar-refractivity contribution in [3.8, 4) is 0 Å². The molecular weight excluding hydrogens is 212 g/mol. The Morgan fingerprint density at radius 2 is 1.88 bits per heavy atom. The quantitative estimate of drug-likeness (QED) is 0.462. The predicted molar refractivity (Wildman–Crippen MR) is 70.9 cm³/mol. The molecule has 0 radical (unpaired) electrons. The van der Waals surface area contributed by atoms with E-state index in [4.69, 9.17) is 4.74 Å². The summed E-state index contributed by atoms with van der Waals surface area (Å²) in [7, 11) is 0. The minimum atomic E-state index is -0.00971. The van der Waals surface area contributed by atoms with Crippen LogP contribution in [0.4, 0.5) is 0 Å². The van der Waals surface area contributed by atoms with Crippen LogP contribution in [0.3, 0.4) is 0 Å². The molecule has 0 aromatic carbocycles. The second kappa shape index (κ2) is 9.49. The first kappa shape index (κ1) is 14.5. The van der Waals surface area contributed by atoms with E-state index in [9.17, 15) is 4.79 Å². The molecule has 17 heavy (non-hydrogen) atoms. The van der Waals surface area contributed by atoms with Gasteiger partial charge in [0.1, 0.15) is 0 Å². The largest absolute Gasteiger partial charge is 0.466 e. The summed E-state index contributed by atoms with van der Waals surface area (Å²) in [6.07, 6.45) is 13.6. The normalized spacial score (nSPS) is 17.0. The summed E-state index contributed by atoms with van der Waals surface area (Å²) >= 11 is 0. The summed E-state index contributed by atoms with van der Waals surface area (Å²) < 4.78 is 5.05. The van der Waals surface area contributed by atoms with Crippen molar-refractivity contribution >= 4 is 5.97 Å². The van der Waals surface area contributed by atoms with Gasteiger partial charge in [0.2, 0.25) is 0 Å². The molecule has 1 fully saturated rings. The molecule has 0 unspecified atom stereocenters. The van der Waals surface area contributed by atoms with Gasteiger partial charge in [-0.1, -0.05) is 58.3 Å². The summed E-state index contributed by atoms with van der Waals surface area (Å²) in [5.74, 6) is 0.973. The molecule has 0 aliphatic heterocycles. The van der Waals surface area contributed by atoms with Crippen molar-refractivity contribution < 1.29 is 9.53 Å². The third kappa shape index (κ3) is 7.40. The minimum Gasteiger partial charge on any atom is -0.466 e. The summed E-state index contributed by atoms with van der Waals surface area (Å²) in [5.41, 5.74) is 0. The molecule has 1 aliphatic carbocycles. The maximum Gasteiger partial charge on any atom is 0.305 e. The van der Waals surface area contributed by atoms with E-state index in [1.807, 2.05) is 6.92 Å². The van der Waals surface area contributed by atoms with Crippen molar-refractivity contribution in [2.24, 2.45) is 5.92 Å². The number of carbonyl (C=O) groups is 1. The monoisotopic (exact) mass is 240 g/mol. The van der Waals surface area contributed by atoms with Gasteiger partial charge in [-0.2, -0.15) is 0 Å². The van der Waals surface area contributed by atoms with E-state index in [2.05, 4.69) is 0 Å². The van der Waals surface area contributed by atoms with E-state index in [0.717, 1.165) is 18.8 Å². The molecule has 0 aromatic heterocycles. The Labute approximate surface area is 106 Å². The van der Waals surface area contributed by atoms with Gasteiger partial charge in [0.05, 0.1) is 6.61 Å². The van der Waals surface area contributed by atoms with Crippen LogP contribution in [0.25, 0.3) is 0 Å². The van der Waals surface area contributed by atoms with Crippen LogP contribution in [-0.2, 0) is 9.53 Å². The van der Waals surface area contributed by atoms with Gasteiger partial charge in [-0.3, -0.25) is 4.79 Å². The van der Waals surface area contributed by atoms with Crippen LogP contribution in [-0.4, -0.2) is 12.6 Å². The van der Waals surface area contributed by atoms with Crippen LogP contribution in [0, 0.1) is 5.92 Å². The van der Waals surface area contributed by atoms with E-state index < -0.39 is 0 Å². The highest BCUT2D eigenvalue weighted by Gasteiger charge is 2.12. The highest BCUT2D eigenvalue weighted by Crippen LogP contribution is 2.27. The molecular formula is C15H28O2. The molecule has 0 heterocycles. The molecule has 0 N–H and O–H groups in total. The molecule has 1 saturated carbocycles. The topological polar surface area (TPSA) is 26.3 Å². The smallest absolute Gasteiger partial charge is 0.305 e. The summed E-state index contributed by atoms with van der Waals surface area (Å²) in [6.45, 7) is 2.61. The molecule has 0 saturated heterocycles. The maximum atomic E-state index is 11.2. The zero-order chi connectivity index (χ0) is 12.3. The van der Waals surface area contributed by atoms with Crippen LogP contribution >= 0.6 is 0 Å². The zero-order valence-corrected chi connectivity index (χ0v) is 11.4. The van der Waals surface area contributed by atoms with Crippen molar-refractivity contribution in [3.63, 3.8) is 0 Å². The number of hydrogen-bond donors (Lipinski definition) is 0. The molecule has 2 heteroatoms. The van der Waals surface area contributed by atoms with E-state index in [1.54, 1.807) is 0 Å². The van der Waals surface area contributed by atoms with E-state index in [-0.39, 0.29) is 5.97 Å². The van der Waals surface area contributed by atoms with Crippen LogP contribution in [0.15, 0.2) is 0 Å². The number of unbranched alkanes of at least 4 members (excludes halogenated alkanes) is 2. The minimum absolute atomic E-state index is 0.00971. The number of hydrogen-bond acceptors (Lipinski definition) is 2. The van der Waals surface area contributed by atoms with Crippen molar-refractivity contribution in [1.82, 2.24) is 0 Å². The van der Waals surface area contributed by atoms with Crippen molar-refractivity contribution in [1.29, 1.82) is 0 Å². The lowest BCUT2D eigenvalue weighted by atomic mass is 9.85. The Bertz CT molecular complexity index is 195. The Morgan fingerprint density at radius 1 is 1.12 bits per heavy atom. The second-order valence-electron chi connectivity index (χ2n) is 5.32. The lowest BCUT2D eigenvalue weighted by Gasteiger charge is -2.21. The molecule has 0 spiro atoms. The van der Waals surface area contributed by atoms with Crippen LogP contribution in [0.5, 0.6) is 0 Å². The van der Waals surface area contributed by atoms with Crippen LogP contribution in [0.1, 0.15) is 77.6 Å². The predicted octanol–water partition coefficient (Wildman–Crippen LogP) is 4.47. The van der Waals surface area contributed by atoms with Gasteiger partial charge in [-0.15, -0.1) is 0 Å². The first-order valence-electron chi connectivity index (χ1n) is 7.48. The fourth-order valence-corrected chi connectivity index (χ4v) is 2.64. The first-order valence-corrected chi connectivity index (χ1v) is 7.48. The zero-order valence-electron chi connectivity index (χ0n) is 11.4. The number of esters is 1. The fraction of sp³-hybridized carbons (Fsp3) is 0.933. The summed E-state index contributed by atoms with van der Waals surface area (Å²) in [6, 6.07) is 0. The average Bonchev–Trinajstić information content (AvgIpc) is 2.37. The van der Waals surface area contributed by atoms with Gasteiger partial charge >= 0.3 is 5.97 Å². The van der Waals surface area contributed by atoms with E-state index in [1.165, 1.54) is 51.4 Å². The summed E-state index contributed by atoms with van der Waals surface area (Å²) in [4.78, 5) is 11.2. The van der Waals surface area contributed by atoms with Gasteiger partial charge in [0.25, 0.3) is 0 Å². The number of carbonyl (C=O) groups excluding carboxylic acids is 1. The average molecular weight is 240 g/mol. The molecule has 0 aromatic rings. The Balaban J connectivity index is 1.88. The lowest BCUT2D eigenvalue weighted by Crippen LogP contribution is -2.06. The van der Waals surface area contributed by atoms with Crippen molar-refractivity contribution in [2.45, 2.75) is 77.6 Å². The Morgan fingerprint density at radius 3 is 2.59 bits per heavy atom. The van der Waals surface area contributed by atoms with Crippen molar-refractivity contribution in [2.75, 3.05) is 6.61 Å². The molecule has 1 rings (SSSR count). The highest BCUT2D eigenvalue weighted by atomic mass is 16.5. The lowest BCUT2D eigenvalue weighted by molar-refractivity contribution is -0.143. The van der Waals surface area contributed by atoms with Crippen molar-refractivity contribution in [3.05, 3.63) is 0 Å². The molecule has 0 amide bonds. The van der Waals surface area contributed by atoms with Crippen LogP contribution < -0.4 is 0 Å². The molecule has 100 valence electrons. The van der Waals surface area contributed by atoms with Crippen LogP contribution in [0.2, 0.25) is 0 Å². The molecule has 0 bridgehead atoms. The fourth-order valence-electron chi connectivity index (χ4n) is 2.64. The SMILES string of the molecule is CCCOC(=O)CCCCCC1CCCCC1. The molecule has 2 nitrogen and oxygen atoms in total. The second-order valence-corrected chi connectivity index (χ2v) is 5.32.